The highest BCUT2D eigenvalue weighted by molar-refractivity contribution is 7.17. The second kappa shape index (κ2) is 6.60. The van der Waals surface area contributed by atoms with E-state index < -0.39 is 0 Å². The van der Waals surface area contributed by atoms with Gasteiger partial charge in [0.1, 0.15) is 15.7 Å². The maximum Gasteiger partial charge on any atom is 0.265 e. The van der Waals surface area contributed by atoms with Crippen LogP contribution in [0.15, 0.2) is 41.1 Å². The highest BCUT2D eigenvalue weighted by Crippen LogP contribution is 2.30. The van der Waals surface area contributed by atoms with Gasteiger partial charge in [-0.05, 0) is 36.1 Å². The van der Waals surface area contributed by atoms with Crippen LogP contribution in [-0.2, 0) is 6.54 Å². The fraction of sp³-hybridized carbons (Fsp3) is 0.176. The number of rotatable bonds is 4. The molecule has 0 fully saturated rings. The van der Waals surface area contributed by atoms with E-state index in [4.69, 9.17) is 0 Å². The van der Waals surface area contributed by atoms with E-state index in [0.29, 0.717) is 11.4 Å². The molecule has 2 aromatic heterocycles. The third-order valence-electron chi connectivity index (χ3n) is 3.44. The SMILES string of the molecule is Cc1nc(-c2ccsc2)sc1C(=O)N(C)Cc1ccc(F)cc1. The zero-order chi connectivity index (χ0) is 16.4. The minimum absolute atomic E-state index is 0.0641. The summed E-state index contributed by atoms with van der Waals surface area (Å²) < 4.78 is 13.0. The number of halogens is 1. The molecule has 118 valence electrons. The van der Waals surface area contributed by atoms with Crippen LogP contribution in [0.4, 0.5) is 4.39 Å². The molecule has 0 atom stereocenters. The van der Waals surface area contributed by atoms with Gasteiger partial charge in [-0.25, -0.2) is 9.37 Å². The second-order valence-electron chi connectivity index (χ2n) is 5.23. The van der Waals surface area contributed by atoms with E-state index in [2.05, 4.69) is 4.98 Å². The first-order valence-corrected chi connectivity index (χ1v) is 8.80. The number of aryl methyl sites for hydroxylation is 1. The molecular formula is C17H15FN2OS2. The molecule has 23 heavy (non-hydrogen) atoms. The summed E-state index contributed by atoms with van der Waals surface area (Å²) >= 11 is 3.02. The van der Waals surface area contributed by atoms with Crippen molar-refractivity contribution in [2.45, 2.75) is 13.5 Å². The monoisotopic (exact) mass is 346 g/mol. The molecule has 0 saturated carbocycles. The van der Waals surface area contributed by atoms with Crippen LogP contribution < -0.4 is 0 Å². The lowest BCUT2D eigenvalue weighted by molar-refractivity contribution is 0.0789. The summed E-state index contributed by atoms with van der Waals surface area (Å²) in [6, 6.07) is 8.19. The normalized spacial score (nSPS) is 10.7. The maximum atomic E-state index is 13.0. The van der Waals surface area contributed by atoms with Gasteiger partial charge in [0.15, 0.2) is 0 Å². The zero-order valence-corrected chi connectivity index (χ0v) is 14.4. The summed E-state index contributed by atoms with van der Waals surface area (Å²) in [4.78, 5) is 19.4. The first kappa shape index (κ1) is 15.8. The third kappa shape index (κ3) is 3.48. The molecule has 1 aromatic carbocycles. The molecule has 0 bridgehead atoms. The summed E-state index contributed by atoms with van der Waals surface area (Å²) in [6.07, 6.45) is 0. The van der Waals surface area contributed by atoms with Gasteiger partial charge in [-0.15, -0.1) is 11.3 Å². The summed E-state index contributed by atoms with van der Waals surface area (Å²) in [5.74, 6) is -0.341. The van der Waals surface area contributed by atoms with Crippen LogP contribution in [0.25, 0.3) is 10.6 Å². The van der Waals surface area contributed by atoms with Crippen LogP contribution in [0.5, 0.6) is 0 Å². The van der Waals surface area contributed by atoms with Gasteiger partial charge in [0.25, 0.3) is 5.91 Å². The van der Waals surface area contributed by atoms with Gasteiger partial charge in [0.05, 0.1) is 5.69 Å². The maximum absolute atomic E-state index is 13.0. The first-order chi connectivity index (χ1) is 11.0. The molecule has 3 rings (SSSR count). The van der Waals surface area contributed by atoms with Gasteiger partial charge in [0, 0.05) is 24.5 Å². The molecule has 0 unspecified atom stereocenters. The minimum Gasteiger partial charge on any atom is -0.337 e. The molecule has 6 heteroatoms. The van der Waals surface area contributed by atoms with Crippen LogP contribution in [-0.4, -0.2) is 22.8 Å². The second-order valence-corrected chi connectivity index (χ2v) is 7.01. The van der Waals surface area contributed by atoms with E-state index in [1.807, 2.05) is 23.8 Å². The molecule has 0 aliphatic rings. The third-order valence-corrected chi connectivity index (χ3v) is 5.32. The number of carbonyl (C=O) groups is 1. The highest BCUT2D eigenvalue weighted by atomic mass is 32.1. The average Bonchev–Trinajstić information content (AvgIpc) is 3.18. The number of hydrogen-bond acceptors (Lipinski definition) is 4. The number of hydrogen-bond donors (Lipinski definition) is 0. The largest absolute Gasteiger partial charge is 0.337 e. The number of aromatic nitrogens is 1. The lowest BCUT2D eigenvalue weighted by atomic mass is 10.2. The van der Waals surface area contributed by atoms with Crippen molar-refractivity contribution in [3.63, 3.8) is 0 Å². The number of benzene rings is 1. The zero-order valence-electron chi connectivity index (χ0n) is 12.7. The first-order valence-electron chi connectivity index (χ1n) is 7.04. The molecule has 0 saturated heterocycles. The molecular weight excluding hydrogens is 331 g/mol. The molecule has 0 aliphatic heterocycles. The van der Waals surface area contributed by atoms with Gasteiger partial charge in [0.2, 0.25) is 0 Å². The number of amides is 1. The van der Waals surface area contributed by atoms with Crippen molar-refractivity contribution in [2.75, 3.05) is 7.05 Å². The van der Waals surface area contributed by atoms with Gasteiger partial charge in [-0.1, -0.05) is 12.1 Å². The minimum atomic E-state index is -0.276. The van der Waals surface area contributed by atoms with E-state index in [1.165, 1.54) is 23.5 Å². The Bertz CT molecular complexity index is 810. The molecule has 0 radical (unpaired) electrons. The lowest BCUT2D eigenvalue weighted by Gasteiger charge is -2.16. The van der Waals surface area contributed by atoms with Crippen molar-refractivity contribution in [1.29, 1.82) is 0 Å². The van der Waals surface area contributed by atoms with Crippen LogP contribution >= 0.6 is 22.7 Å². The standard InChI is InChI=1S/C17H15FN2OS2/c1-11-15(23-16(19-11)13-7-8-22-10-13)17(21)20(2)9-12-3-5-14(18)6-4-12/h3-8,10H,9H2,1-2H3. The Labute approximate surface area is 142 Å². The van der Waals surface area contributed by atoms with Gasteiger partial charge < -0.3 is 4.90 Å². The fourth-order valence-corrected chi connectivity index (χ4v) is 3.99. The van der Waals surface area contributed by atoms with E-state index in [1.54, 1.807) is 35.4 Å². The Morgan fingerprint density at radius 2 is 2.00 bits per heavy atom. The Kier molecular flexibility index (Phi) is 4.54. The Morgan fingerprint density at radius 3 is 2.65 bits per heavy atom. The van der Waals surface area contributed by atoms with E-state index in [0.717, 1.165) is 21.8 Å². The molecule has 0 spiro atoms. The van der Waals surface area contributed by atoms with Crippen LogP contribution in [0.2, 0.25) is 0 Å². The molecule has 3 aromatic rings. The lowest BCUT2D eigenvalue weighted by Crippen LogP contribution is -2.26. The van der Waals surface area contributed by atoms with E-state index in [-0.39, 0.29) is 11.7 Å². The summed E-state index contributed by atoms with van der Waals surface area (Å²) in [6.45, 7) is 2.29. The Balaban J connectivity index is 1.78. The molecule has 0 N–H and O–H groups in total. The van der Waals surface area contributed by atoms with Gasteiger partial charge in [-0.2, -0.15) is 11.3 Å². The average molecular weight is 346 g/mol. The van der Waals surface area contributed by atoms with Crippen molar-refractivity contribution < 1.29 is 9.18 Å². The highest BCUT2D eigenvalue weighted by Gasteiger charge is 2.20. The summed E-state index contributed by atoms with van der Waals surface area (Å²) in [5.41, 5.74) is 2.68. The predicted molar refractivity (Wildman–Crippen MR) is 92.4 cm³/mol. The summed E-state index contributed by atoms with van der Waals surface area (Å²) in [5, 5.41) is 4.88. The quantitative estimate of drug-likeness (QED) is 0.692. The summed E-state index contributed by atoms with van der Waals surface area (Å²) in [7, 11) is 1.75. The molecule has 1 amide bonds. The molecule has 3 nitrogen and oxygen atoms in total. The van der Waals surface area contributed by atoms with Gasteiger partial charge in [-0.3, -0.25) is 4.79 Å². The number of nitrogens with zero attached hydrogens (tertiary/aromatic N) is 2. The predicted octanol–water partition coefficient (Wildman–Crippen LogP) is 4.59. The van der Waals surface area contributed by atoms with Crippen LogP contribution in [0, 0.1) is 12.7 Å². The van der Waals surface area contributed by atoms with E-state index in [9.17, 15) is 9.18 Å². The topological polar surface area (TPSA) is 33.2 Å². The molecule has 0 aliphatic carbocycles. The Hall–Kier alpha value is -2.05. The Morgan fingerprint density at radius 1 is 1.26 bits per heavy atom. The fourth-order valence-electron chi connectivity index (χ4n) is 2.21. The van der Waals surface area contributed by atoms with Crippen LogP contribution in [0.1, 0.15) is 20.9 Å². The van der Waals surface area contributed by atoms with Crippen molar-refractivity contribution in [1.82, 2.24) is 9.88 Å². The smallest absolute Gasteiger partial charge is 0.265 e. The van der Waals surface area contributed by atoms with Crippen molar-refractivity contribution in [3.05, 3.63) is 63.0 Å². The van der Waals surface area contributed by atoms with Crippen molar-refractivity contribution >= 4 is 28.6 Å². The number of thiazole rings is 1. The van der Waals surface area contributed by atoms with Crippen LogP contribution in [0.3, 0.4) is 0 Å². The van der Waals surface area contributed by atoms with Gasteiger partial charge >= 0.3 is 0 Å². The van der Waals surface area contributed by atoms with Crippen molar-refractivity contribution in [3.8, 4) is 10.6 Å². The number of thiophene rings is 1. The van der Waals surface area contributed by atoms with E-state index >= 15 is 0 Å². The van der Waals surface area contributed by atoms with Crippen molar-refractivity contribution in [2.24, 2.45) is 0 Å². The number of carbonyl (C=O) groups excluding carboxylic acids is 1. The molecule has 2 heterocycles.